The molecule has 0 bridgehead atoms. The minimum atomic E-state index is -0.0796. The number of hydrogen-bond acceptors (Lipinski definition) is 3. The first-order valence-electron chi connectivity index (χ1n) is 8.49. The van der Waals surface area contributed by atoms with Gasteiger partial charge in [0.05, 0.1) is 5.69 Å². The predicted molar refractivity (Wildman–Crippen MR) is 99.1 cm³/mol. The number of rotatable bonds is 6. The second-order valence-corrected chi connectivity index (χ2v) is 5.88. The molecule has 4 nitrogen and oxygen atoms in total. The highest BCUT2D eigenvalue weighted by atomic mass is 16.1. The van der Waals surface area contributed by atoms with E-state index in [0.717, 1.165) is 29.7 Å². The minimum Gasteiger partial charge on any atom is -0.348 e. The summed E-state index contributed by atoms with van der Waals surface area (Å²) < 4.78 is 0. The number of carbonyl (C=O) groups excluding carboxylic acids is 1. The fourth-order valence-electron chi connectivity index (χ4n) is 2.73. The van der Waals surface area contributed by atoms with Crippen LogP contribution in [0.4, 0.5) is 0 Å². The second-order valence-electron chi connectivity index (χ2n) is 5.88. The molecule has 0 atom stereocenters. The van der Waals surface area contributed by atoms with E-state index in [2.05, 4.69) is 22.2 Å². The molecule has 0 saturated heterocycles. The summed E-state index contributed by atoms with van der Waals surface area (Å²) in [4.78, 5) is 21.0. The Labute approximate surface area is 148 Å². The van der Waals surface area contributed by atoms with E-state index in [9.17, 15) is 4.79 Å². The molecule has 0 aliphatic carbocycles. The molecule has 0 fully saturated rings. The van der Waals surface area contributed by atoms with Gasteiger partial charge in [0.1, 0.15) is 0 Å². The summed E-state index contributed by atoms with van der Waals surface area (Å²) in [5.41, 5.74) is 4.67. The summed E-state index contributed by atoms with van der Waals surface area (Å²) in [6, 6.07) is 15.5. The molecule has 1 amide bonds. The van der Waals surface area contributed by atoms with Gasteiger partial charge in [0.25, 0.3) is 5.91 Å². The molecule has 4 heteroatoms. The molecular weight excluding hydrogens is 310 g/mol. The monoisotopic (exact) mass is 331 g/mol. The summed E-state index contributed by atoms with van der Waals surface area (Å²) >= 11 is 0. The topological polar surface area (TPSA) is 54.9 Å². The summed E-state index contributed by atoms with van der Waals surface area (Å²) in [5.74, 6) is -0.0796. The highest BCUT2D eigenvalue weighted by Gasteiger charge is 2.09. The number of carbonyl (C=O) groups is 1. The van der Waals surface area contributed by atoms with Crippen molar-refractivity contribution >= 4 is 5.91 Å². The lowest BCUT2D eigenvalue weighted by Crippen LogP contribution is -2.23. The van der Waals surface area contributed by atoms with Crippen LogP contribution in [0.25, 0.3) is 11.3 Å². The van der Waals surface area contributed by atoms with E-state index >= 15 is 0 Å². The Morgan fingerprint density at radius 2 is 1.84 bits per heavy atom. The van der Waals surface area contributed by atoms with Crippen molar-refractivity contribution in [3.63, 3.8) is 0 Å². The summed E-state index contributed by atoms with van der Waals surface area (Å²) in [7, 11) is 0. The molecule has 0 aliphatic heterocycles. The zero-order chi connectivity index (χ0) is 17.5. The normalized spacial score (nSPS) is 10.4. The van der Waals surface area contributed by atoms with E-state index in [4.69, 9.17) is 0 Å². The van der Waals surface area contributed by atoms with Gasteiger partial charge in [-0.2, -0.15) is 0 Å². The quantitative estimate of drug-likeness (QED) is 0.742. The molecule has 126 valence electrons. The molecule has 0 unspecified atom stereocenters. The van der Waals surface area contributed by atoms with Crippen LogP contribution in [0.1, 0.15) is 34.8 Å². The number of pyridine rings is 2. The van der Waals surface area contributed by atoms with Crippen LogP contribution in [0.5, 0.6) is 0 Å². The SMILES string of the molecule is CCCc1ccc(C(=O)NCc2cccnc2-c2cccnc2)cc1. The number of hydrogen-bond donors (Lipinski definition) is 1. The van der Waals surface area contributed by atoms with Crippen molar-refractivity contribution in [2.45, 2.75) is 26.3 Å². The fourth-order valence-corrected chi connectivity index (χ4v) is 2.73. The van der Waals surface area contributed by atoms with E-state index in [1.165, 1.54) is 5.56 Å². The zero-order valence-electron chi connectivity index (χ0n) is 14.3. The Kier molecular flexibility index (Phi) is 5.52. The van der Waals surface area contributed by atoms with Crippen molar-refractivity contribution < 1.29 is 4.79 Å². The van der Waals surface area contributed by atoms with Crippen molar-refractivity contribution in [2.75, 3.05) is 0 Å². The average Bonchev–Trinajstić information content (AvgIpc) is 2.68. The molecule has 0 radical (unpaired) electrons. The molecule has 2 heterocycles. The van der Waals surface area contributed by atoms with Gasteiger partial charge in [-0.15, -0.1) is 0 Å². The van der Waals surface area contributed by atoms with E-state index < -0.39 is 0 Å². The summed E-state index contributed by atoms with van der Waals surface area (Å²) in [6.45, 7) is 2.57. The smallest absolute Gasteiger partial charge is 0.251 e. The first-order chi connectivity index (χ1) is 12.3. The van der Waals surface area contributed by atoms with Crippen LogP contribution < -0.4 is 5.32 Å². The Morgan fingerprint density at radius 1 is 1.04 bits per heavy atom. The highest BCUT2D eigenvalue weighted by Crippen LogP contribution is 2.19. The van der Waals surface area contributed by atoms with Crippen LogP contribution in [0.2, 0.25) is 0 Å². The third-order valence-electron chi connectivity index (χ3n) is 4.02. The molecule has 1 aromatic carbocycles. The number of aryl methyl sites for hydroxylation is 1. The van der Waals surface area contributed by atoms with Gasteiger partial charge >= 0.3 is 0 Å². The van der Waals surface area contributed by atoms with Crippen LogP contribution in [0, 0.1) is 0 Å². The molecule has 3 aromatic rings. The van der Waals surface area contributed by atoms with E-state index in [-0.39, 0.29) is 5.91 Å². The van der Waals surface area contributed by atoms with Crippen LogP contribution >= 0.6 is 0 Å². The molecule has 25 heavy (non-hydrogen) atoms. The Morgan fingerprint density at radius 3 is 2.56 bits per heavy atom. The van der Waals surface area contributed by atoms with Gasteiger partial charge in [-0.05, 0) is 47.9 Å². The Bertz CT molecular complexity index is 829. The maximum atomic E-state index is 12.4. The van der Waals surface area contributed by atoms with Gasteiger partial charge in [0.2, 0.25) is 0 Å². The van der Waals surface area contributed by atoms with Crippen molar-refractivity contribution in [3.8, 4) is 11.3 Å². The number of nitrogens with one attached hydrogen (secondary N) is 1. The second kappa shape index (κ2) is 8.20. The zero-order valence-corrected chi connectivity index (χ0v) is 14.3. The first kappa shape index (κ1) is 16.8. The maximum Gasteiger partial charge on any atom is 0.251 e. The predicted octanol–water partition coefficient (Wildman–Crippen LogP) is 4.03. The van der Waals surface area contributed by atoms with Crippen molar-refractivity contribution in [1.82, 2.24) is 15.3 Å². The van der Waals surface area contributed by atoms with Gasteiger partial charge in [-0.1, -0.05) is 31.5 Å². The maximum absolute atomic E-state index is 12.4. The summed E-state index contributed by atoms with van der Waals surface area (Å²) in [5, 5.41) is 2.98. The van der Waals surface area contributed by atoms with Gasteiger partial charge in [0, 0.05) is 36.3 Å². The molecule has 0 saturated carbocycles. The van der Waals surface area contributed by atoms with Crippen LogP contribution in [0.3, 0.4) is 0 Å². The van der Waals surface area contributed by atoms with Crippen LogP contribution in [0.15, 0.2) is 67.1 Å². The lowest BCUT2D eigenvalue weighted by Gasteiger charge is -2.10. The molecule has 0 aliphatic rings. The molecule has 2 aromatic heterocycles. The average molecular weight is 331 g/mol. The largest absolute Gasteiger partial charge is 0.348 e. The lowest BCUT2D eigenvalue weighted by atomic mass is 10.1. The number of nitrogens with zero attached hydrogens (tertiary/aromatic N) is 2. The number of amides is 1. The van der Waals surface area contributed by atoms with Gasteiger partial charge < -0.3 is 5.32 Å². The first-order valence-corrected chi connectivity index (χ1v) is 8.49. The molecule has 0 spiro atoms. The third kappa shape index (κ3) is 4.29. The Balaban J connectivity index is 1.70. The van der Waals surface area contributed by atoms with E-state index in [0.29, 0.717) is 12.1 Å². The highest BCUT2D eigenvalue weighted by molar-refractivity contribution is 5.94. The van der Waals surface area contributed by atoms with Crippen molar-refractivity contribution in [2.24, 2.45) is 0 Å². The number of benzene rings is 1. The van der Waals surface area contributed by atoms with E-state index in [1.807, 2.05) is 48.5 Å². The summed E-state index contributed by atoms with van der Waals surface area (Å²) in [6.07, 6.45) is 7.39. The molecule has 1 N–H and O–H groups in total. The lowest BCUT2D eigenvalue weighted by molar-refractivity contribution is 0.0951. The molecule has 3 rings (SSSR count). The van der Waals surface area contributed by atoms with Crippen LogP contribution in [-0.4, -0.2) is 15.9 Å². The number of aromatic nitrogens is 2. The third-order valence-corrected chi connectivity index (χ3v) is 4.02. The van der Waals surface area contributed by atoms with Gasteiger partial charge in [-0.3, -0.25) is 14.8 Å². The van der Waals surface area contributed by atoms with Crippen LogP contribution in [-0.2, 0) is 13.0 Å². The van der Waals surface area contributed by atoms with Gasteiger partial charge in [-0.25, -0.2) is 0 Å². The Hall–Kier alpha value is -3.01. The fraction of sp³-hybridized carbons (Fsp3) is 0.190. The van der Waals surface area contributed by atoms with Gasteiger partial charge in [0.15, 0.2) is 0 Å². The van der Waals surface area contributed by atoms with Crippen molar-refractivity contribution in [3.05, 3.63) is 83.8 Å². The van der Waals surface area contributed by atoms with E-state index in [1.54, 1.807) is 18.6 Å². The molecular formula is C21H21N3O. The minimum absolute atomic E-state index is 0.0796. The van der Waals surface area contributed by atoms with Crippen molar-refractivity contribution in [1.29, 1.82) is 0 Å². The standard InChI is InChI=1S/C21H21N3O/c1-2-5-16-8-10-17(11-9-16)21(25)24-15-19-7-4-13-23-20(19)18-6-3-12-22-14-18/h3-4,6-14H,2,5,15H2,1H3,(H,24,25).